The molecule has 0 unspecified atom stereocenters. The van der Waals surface area contributed by atoms with Gasteiger partial charge in [-0.25, -0.2) is 8.42 Å². The highest BCUT2D eigenvalue weighted by atomic mass is 32.2. The Kier molecular flexibility index (Phi) is 6.64. The summed E-state index contributed by atoms with van der Waals surface area (Å²) in [7, 11) is 2.49. The number of hydrogen-bond acceptors (Lipinski definition) is 7. The summed E-state index contributed by atoms with van der Waals surface area (Å²) in [6, 6.07) is 16.0. The summed E-state index contributed by atoms with van der Waals surface area (Å²) >= 11 is 0. The SMILES string of the molecule is COc1ccc([C@H]2Nc3ccc(S(=O)(=O)Nc4ccc(OC)c(OC)c4)cc3[C@H]3C=CC[C@H]32)c(OC)c1. The Labute approximate surface area is 217 Å². The van der Waals surface area contributed by atoms with Crippen LogP contribution in [0.15, 0.2) is 71.6 Å². The van der Waals surface area contributed by atoms with E-state index in [0.29, 0.717) is 17.2 Å². The van der Waals surface area contributed by atoms with E-state index in [0.717, 1.165) is 34.7 Å². The molecular formula is C28H30N2O6S. The van der Waals surface area contributed by atoms with Gasteiger partial charge in [0.05, 0.1) is 45.1 Å². The first kappa shape index (κ1) is 24.8. The molecule has 0 fully saturated rings. The van der Waals surface area contributed by atoms with Crippen LogP contribution in [0.3, 0.4) is 0 Å². The minimum Gasteiger partial charge on any atom is -0.497 e. The van der Waals surface area contributed by atoms with Crippen molar-refractivity contribution in [1.82, 2.24) is 0 Å². The van der Waals surface area contributed by atoms with Crippen LogP contribution < -0.4 is 29.0 Å². The van der Waals surface area contributed by atoms with E-state index in [9.17, 15) is 8.42 Å². The maximum atomic E-state index is 13.3. The molecule has 37 heavy (non-hydrogen) atoms. The maximum Gasteiger partial charge on any atom is 0.261 e. The van der Waals surface area contributed by atoms with Crippen LogP contribution in [0.1, 0.15) is 29.5 Å². The summed E-state index contributed by atoms with van der Waals surface area (Å²) in [5.41, 5.74) is 3.29. The van der Waals surface area contributed by atoms with E-state index in [-0.39, 0.29) is 22.8 Å². The minimum absolute atomic E-state index is 0.000650. The van der Waals surface area contributed by atoms with Crippen LogP contribution >= 0.6 is 0 Å². The molecule has 0 saturated carbocycles. The molecule has 2 aliphatic rings. The molecule has 3 aromatic carbocycles. The topological polar surface area (TPSA) is 95.1 Å². The Bertz CT molecular complexity index is 1450. The van der Waals surface area contributed by atoms with E-state index in [1.54, 1.807) is 44.6 Å². The molecule has 3 atom stereocenters. The molecule has 1 heterocycles. The molecule has 0 saturated heterocycles. The molecule has 0 spiro atoms. The van der Waals surface area contributed by atoms with Crippen molar-refractivity contribution in [3.05, 3.63) is 77.9 Å². The van der Waals surface area contributed by atoms with Crippen molar-refractivity contribution < 1.29 is 27.4 Å². The van der Waals surface area contributed by atoms with Gasteiger partial charge in [-0.05, 0) is 60.4 Å². The van der Waals surface area contributed by atoms with Gasteiger partial charge in [0.1, 0.15) is 11.5 Å². The van der Waals surface area contributed by atoms with Gasteiger partial charge in [0.2, 0.25) is 0 Å². The van der Waals surface area contributed by atoms with Crippen molar-refractivity contribution in [2.24, 2.45) is 5.92 Å². The fourth-order valence-corrected chi connectivity index (χ4v) is 6.32. The first-order valence-corrected chi connectivity index (χ1v) is 13.4. The molecule has 9 heteroatoms. The standard InChI is InChI=1S/C28H30N2O6S/c1-33-18-9-11-22(26(15-18)35-3)28-21-7-5-6-20(21)23-16-19(10-12-24(23)29-28)37(31,32)30-17-8-13-25(34-2)27(14-17)36-4/h5-6,8-16,20-21,28-30H,7H2,1-4H3/t20-,21+,28-/m0/s1. The van der Waals surface area contributed by atoms with Gasteiger partial charge in [0.15, 0.2) is 11.5 Å². The van der Waals surface area contributed by atoms with Crippen LogP contribution in [-0.4, -0.2) is 36.9 Å². The zero-order valence-electron chi connectivity index (χ0n) is 21.1. The Hall–Kier alpha value is -3.85. The predicted molar refractivity (Wildman–Crippen MR) is 143 cm³/mol. The van der Waals surface area contributed by atoms with E-state index in [1.165, 1.54) is 14.2 Å². The number of anilines is 2. The van der Waals surface area contributed by atoms with Gasteiger partial charge in [-0.1, -0.05) is 12.2 Å². The monoisotopic (exact) mass is 522 g/mol. The van der Waals surface area contributed by atoms with Crippen molar-refractivity contribution >= 4 is 21.4 Å². The fourth-order valence-electron chi connectivity index (χ4n) is 5.24. The maximum absolute atomic E-state index is 13.3. The summed E-state index contributed by atoms with van der Waals surface area (Å²) in [6.45, 7) is 0. The first-order chi connectivity index (χ1) is 17.9. The number of nitrogens with one attached hydrogen (secondary N) is 2. The van der Waals surface area contributed by atoms with Crippen LogP contribution in [0, 0.1) is 5.92 Å². The molecule has 2 N–H and O–H groups in total. The summed E-state index contributed by atoms with van der Waals surface area (Å²) in [5.74, 6) is 2.73. The van der Waals surface area contributed by atoms with Crippen LogP contribution in [0.25, 0.3) is 0 Å². The highest BCUT2D eigenvalue weighted by Crippen LogP contribution is 2.51. The molecule has 0 bridgehead atoms. The second-order valence-corrected chi connectivity index (χ2v) is 10.7. The predicted octanol–water partition coefficient (Wildman–Crippen LogP) is 5.35. The van der Waals surface area contributed by atoms with Crippen LogP contribution in [-0.2, 0) is 10.0 Å². The van der Waals surface area contributed by atoms with E-state index in [2.05, 4.69) is 22.2 Å². The van der Waals surface area contributed by atoms with Gasteiger partial charge in [-0.2, -0.15) is 0 Å². The molecule has 1 aliphatic carbocycles. The molecule has 1 aliphatic heterocycles. The van der Waals surface area contributed by atoms with E-state index in [4.69, 9.17) is 18.9 Å². The summed E-state index contributed by atoms with van der Waals surface area (Å²) in [5, 5.41) is 3.65. The van der Waals surface area contributed by atoms with Gasteiger partial charge in [-0.15, -0.1) is 0 Å². The van der Waals surface area contributed by atoms with E-state index in [1.807, 2.05) is 24.3 Å². The van der Waals surface area contributed by atoms with E-state index < -0.39 is 10.0 Å². The number of allylic oxidation sites excluding steroid dienone is 2. The quantitative estimate of drug-likeness (QED) is 0.385. The highest BCUT2D eigenvalue weighted by molar-refractivity contribution is 7.92. The summed E-state index contributed by atoms with van der Waals surface area (Å²) in [4.78, 5) is 0.197. The number of benzene rings is 3. The number of hydrogen-bond donors (Lipinski definition) is 2. The first-order valence-electron chi connectivity index (χ1n) is 11.9. The highest BCUT2D eigenvalue weighted by Gasteiger charge is 2.39. The summed E-state index contributed by atoms with van der Waals surface area (Å²) in [6.07, 6.45) is 5.21. The average molecular weight is 523 g/mol. The Morgan fingerprint density at radius 3 is 2.32 bits per heavy atom. The van der Waals surface area contributed by atoms with Crippen LogP contribution in [0.4, 0.5) is 11.4 Å². The average Bonchev–Trinajstić information content (AvgIpc) is 3.42. The molecule has 194 valence electrons. The minimum atomic E-state index is -3.84. The third kappa shape index (κ3) is 4.55. The number of fused-ring (bicyclic) bond motifs is 3. The summed E-state index contributed by atoms with van der Waals surface area (Å²) < 4.78 is 50.9. The molecule has 0 aromatic heterocycles. The molecule has 8 nitrogen and oxygen atoms in total. The van der Waals surface area contributed by atoms with Crippen LogP contribution in [0.5, 0.6) is 23.0 Å². The van der Waals surface area contributed by atoms with Gasteiger partial charge >= 0.3 is 0 Å². The Morgan fingerprint density at radius 1 is 0.811 bits per heavy atom. The van der Waals surface area contributed by atoms with E-state index >= 15 is 0 Å². The zero-order valence-corrected chi connectivity index (χ0v) is 22.0. The van der Waals surface area contributed by atoms with Gasteiger partial charge in [-0.3, -0.25) is 4.72 Å². The molecule has 0 amide bonds. The van der Waals surface area contributed by atoms with Crippen molar-refractivity contribution in [2.45, 2.75) is 23.3 Å². The Balaban J connectivity index is 1.47. The van der Waals surface area contributed by atoms with Gasteiger partial charge in [0, 0.05) is 29.3 Å². The lowest BCUT2D eigenvalue weighted by molar-refractivity contribution is 0.355. The van der Waals surface area contributed by atoms with Gasteiger partial charge < -0.3 is 24.3 Å². The number of rotatable bonds is 8. The normalized spacial score (nSPS) is 19.8. The zero-order chi connectivity index (χ0) is 26.2. The van der Waals surface area contributed by atoms with Crippen LogP contribution in [0.2, 0.25) is 0 Å². The molecule has 3 aromatic rings. The molecule has 5 rings (SSSR count). The third-order valence-electron chi connectivity index (χ3n) is 7.06. The van der Waals surface area contributed by atoms with Crippen molar-refractivity contribution in [3.63, 3.8) is 0 Å². The number of methoxy groups -OCH3 is 4. The second-order valence-electron chi connectivity index (χ2n) is 9.01. The van der Waals surface area contributed by atoms with Crippen molar-refractivity contribution in [1.29, 1.82) is 0 Å². The number of ether oxygens (including phenoxy) is 4. The third-order valence-corrected chi connectivity index (χ3v) is 8.43. The van der Waals surface area contributed by atoms with Crippen molar-refractivity contribution in [2.75, 3.05) is 38.5 Å². The second kappa shape index (κ2) is 9.89. The molecule has 0 radical (unpaired) electrons. The lowest BCUT2D eigenvalue weighted by Gasteiger charge is -2.38. The Morgan fingerprint density at radius 2 is 1.59 bits per heavy atom. The van der Waals surface area contributed by atoms with Gasteiger partial charge in [0.25, 0.3) is 10.0 Å². The number of sulfonamides is 1. The molecular weight excluding hydrogens is 492 g/mol. The van der Waals surface area contributed by atoms with Crippen molar-refractivity contribution in [3.8, 4) is 23.0 Å². The fraction of sp³-hybridized carbons (Fsp3) is 0.286. The largest absolute Gasteiger partial charge is 0.497 e. The lowest BCUT2D eigenvalue weighted by atomic mass is 9.77. The lowest BCUT2D eigenvalue weighted by Crippen LogP contribution is -2.29. The smallest absolute Gasteiger partial charge is 0.261 e.